The van der Waals surface area contributed by atoms with Crippen molar-refractivity contribution in [3.05, 3.63) is 82.2 Å². The second-order valence-corrected chi connectivity index (χ2v) is 8.98. The summed E-state index contributed by atoms with van der Waals surface area (Å²) in [5.74, 6) is 5.33. The first-order chi connectivity index (χ1) is 14.4. The van der Waals surface area contributed by atoms with Crippen LogP contribution in [0.1, 0.15) is 61.1 Å². The molecule has 4 rings (SSSR count). The first-order valence-corrected chi connectivity index (χ1v) is 10.9. The molecule has 4 atom stereocenters. The minimum Gasteiger partial charge on any atom is -0.206 e. The summed E-state index contributed by atoms with van der Waals surface area (Å²) in [5, 5.41) is -0.0186. The van der Waals surface area contributed by atoms with Gasteiger partial charge in [0.15, 0.2) is 0 Å². The van der Waals surface area contributed by atoms with Gasteiger partial charge in [0.05, 0.1) is 10.6 Å². The van der Waals surface area contributed by atoms with Gasteiger partial charge in [0.25, 0.3) is 0 Å². The van der Waals surface area contributed by atoms with Crippen molar-refractivity contribution in [3.8, 4) is 11.8 Å². The molecule has 2 fully saturated rings. The number of hydrogen-bond acceptors (Lipinski definition) is 0. The number of benzene rings is 2. The van der Waals surface area contributed by atoms with Crippen LogP contribution >= 0.6 is 11.6 Å². The Morgan fingerprint density at radius 3 is 2.27 bits per heavy atom. The van der Waals surface area contributed by atoms with Crippen molar-refractivity contribution in [1.82, 2.24) is 0 Å². The van der Waals surface area contributed by atoms with E-state index in [-0.39, 0.29) is 16.5 Å². The molecule has 30 heavy (non-hydrogen) atoms. The maximum absolute atomic E-state index is 14.7. The summed E-state index contributed by atoms with van der Waals surface area (Å²) in [6, 6.07) is 6.89. The molecule has 0 heterocycles. The van der Waals surface area contributed by atoms with Crippen LogP contribution in [0.5, 0.6) is 0 Å². The second kappa shape index (κ2) is 8.90. The molecule has 0 bridgehead atoms. The molecule has 0 amide bonds. The molecule has 2 aromatic rings. The van der Waals surface area contributed by atoms with Gasteiger partial charge in [0, 0.05) is 5.56 Å². The van der Waals surface area contributed by atoms with E-state index in [9.17, 15) is 13.2 Å². The predicted molar refractivity (Wildman–Crippen MR) is 115 cm³/mol. The van der Waals surface area contributed by atoms with E-state index in [4.69, 9.17) is 11.6 Å². The van der Waals surface area contributed by atoms with Gasteiger partial charge in [-0.2, -0.15) is 0 Å². The average molecular weight is 429 g/mol. The molecule has 4 unspecified atom stereocenters. The zero-order valence-electron chi connectivity index (χ0n) is 16.7. The highest BCUT2D eigenvalue weighted by Gasteiger charge is 2.35. The highest BCUT2D eigenvalue weighted by molar-refractivity contribution is 6.30. The highest BCUT2D eigenvalue weighted by Crippen LogP contribution is 2.48. The summed E-state index contributed by atoms with van der Waals surface area (Å²) in [7, 11) is 0. The fourth-order valence-electron chi connectivity index (χ4n) is 5.10. The maximum atomic E-state index is 14.7. The van der Waals surface area contributed by atoms with Crippen LogP contribution in [0, 0.1) is 47.0 Å². The summed E-state index contributed by atoms with van der Waals surface area (Å²) in [6.07, 6.45) is 8.66. The van der Waals surface area contributed by atoms with Crippen molar-refractivity contribution in [2.45, 2.75) is 44.4 Å². The lowest BCUT2D eigenvalue weighted by molar-refractivity contribution is 0.133. The standard InChI is InChI=1S/C26H24ClF3/c1-2-16-3-6-19-13-20(8-7-18(19)11-16)21-14-24(28)22(25(29)15-21)9-4-17-5-10-23(27)26(30)12-17/h2,5,10,12,14-16,18-20H,1,3,6-8,11,13H2. The Morgan fingerprint density at radius 1 is 0.867 bits per heavy atom. The van der Waals surface area contributed by atoms with Crippen LogP contribution in [0.4, 0.5) is 13.2 Å². The SMILES string of the molecule is C=CC1CCC2CC(c3cc(F)c(C#Cc4ccc(Cl)c(F)c4)c(F)c3)CCC2C1. The van der Waals surface area contributed by atoms with Crippen LogP contribution in [-0.4, -0.2) is 0 Å². The van der Waals surface area contributed by atoms with Crippen molar-refractivity contribution in [2.75, 3.05) is 0 Å². The van der Waals surface area contributed by atoms with Crippen LogP contribution in [0.2, 0.25) is 5.02 Å². The second-order valence-electron chi connectivity index (χ2n) is 8.58. The van der Waals surface area contributed by atoms with E-state index in [1.165, 1.54) is 43.5 Å². The van der Waals surface area contributed by atoms with Gasteiger partial charge >= 0.3 is 0 Å². The summed E-state index contributed by atoms with van der Waals surface area (Å²) in [6.45, 7) is 3.94. The molecular weight excluding hydrogens is 405 g/mol. The van der Waals surface area contributed by atoms with Gasteiger partial charge in [-0.05, 0) is 98.1 Å². The molecule has 156 valence electrons. The van der Waals surface area contributed by atoms with Gasteiger partial charge in [0.2, 0.25) is 0 Å². The van der Waals surface area contributed by atoms with Crippen molar-refractivity contribution in [2.24, 2.45) is 17.8 Å². The number of halogens is 4. The van der Waals surface area contributed by atoms with Crippen molar-refractivity contribution in [3.63, 3.8) is 0 Å². The van der Waals surface area contributed by atoms with E-state index in [2.05, 4.69) is 24.5 Å². The molecule has 2 aromatic carbocycles. The molecule has 0 spiro atoms. The van der Waals surface area contributed by atoms with Crippen LogP contribution < -0.4 is 0 Å². The van der Waals surface area contributed by atoms with Crippen molar-refractivity contribution in [1.29, 1.82) is 0 Å². The highest BCUT2D eigenvalue weighted by atomic mass is 35.5. The topological polar surface area (TPSA) is 0 Å². The molecule has 2 aliphatic rings. The lowest BCUT2D eigenvalue weighted by Crippen LogP contribution is -2.30. The lowest BCUT2D eigenvalue weighted by Gasteiger charge is -2.41. The maximum Gasteiger partial charge on any atom is 0.143 e. The Balaban J connectivity index is 1.52. The predicted octanol–water partition coefficient (Wildman–Crippen LogP) is 7.64. The molecule has 0 aromatic heterocycles. The van der Waals surface area contributed by atoms with E-state index >= 15 is 0 Å². The van der Waals surface area contributed by atoms with Gasteiger partial charge in [0.1, 0.15) is 17.5 Å². The first-order valence-electron chi connectivity index (χ1n) is 10.5. The fourth-order valence-corrected chi connectivity index (χ4v) is 5.22. The van der Waals surface area contributed by atoms with Crippen LogP contribution in [-0.2, 0) is 0 Å². The Kier molecular flexibility index (Phi) is 6.25. The summed E-state index contributed by atoms with van der Waals surface area (Å²) < 4.78 is 42.9. The molecule has 0 saturated heterocycles. The molecule has 0 radical (unpaired) electrons. The zero-order chi connectivity index (χ0) is 21.3. The first kappa shape index (κ1) is 21.1. The molecule has 2 saturated carbocycles. The largest absolute Gasteiger partial charge is 0.206 e. The third kappa shape index (κ3) is 4.44. The number of hydrogen-bond donors (Lipinski definition) is 0. The Hall–Kier alpha value is -2.18. The number of allylic oxidation sites excluding steroid dienone is 1. The Bertz CT molecular complexity index is 994. The van der Waals surface area contributed by atoms with E-state index in [0.717, 1.165) is 30.9 Å². The van der Waals surface area contributed by atoms with Crippen molar-refractivity contribution < 1.29 is 13.2 Å². The Labute approximate surface area is 181 Å². The van der Waals surface area contributed by atoms with Gasteiger partial charge in [-0.3, -0.25) is 0 Å². The van der Waals surface area contributed by atoms with Gasteiger partial charge in [-0.1, -0.05) is 29.5 Å². The molecule has 0 aliphatic heterocycles. The van der Waals surface area contributed by atoms with Gasteiger partial charge in [-0.15, -0.1) is 6.58 Å². The summed E-state index contributed by atoms with van der Waals surface area (Å²) >= 11 is 5.65. The number of rotatable bonds is 2. The normalized spacial score (nSPS) is 25.7. The number of fused-ring (bicyclic) bond motifs is 1. The lowest BCUT2D eigenvalue weighted by atomic mass is 9.64. The summed E-state index contributed by atoms with van der Waals surface area (Å²) in [4.78, 5) is 0. The average Bonchev–Trinajstić information content (AvgIpc) is 2.74. The van der Waals surface area contributed by atoms with Crippen LogP contribution in [0.25, 0.3) is 0 Å². The van der Waals surface area contributed by atoms with E-state index in [1.54, 1.807) is 0 Å². The zero-order valence-corrected chi connectivity index (χ0v) is 17.5. The molecule has 0 N–H and O–H groups in total. The van der Waals surface area contributed by atoms with E-state index in [0.29, 0.717) is 23.3 Å². The molecule has 4 heteroatoms. The monoisotopic (exact) mass is 428 g/mol. The fraction of sp³-hybridized carbons (Fsp3) is 0.385. The van der Waals surface area contributed by atoms with E-state index in [1.807, 2.05) is 0 Å². The van der Waals surface area contributed by atoms with Crippen molar-refractivity contribution >= 4 is 11.6 Å². The minimum atomic E-state index is -0.663. The Morgan fingerprint density at radius 2 is 1.57 bits per heavy atom. The van der Waals surface area contributed by atoms with Gasteiger partial charge in [-0.25, -0.2) is 13.2 Å². The molecule has 2 aliphatic carbocycles. The van der Waals surface area contributed by atoms with E-state index < -0.39 is 17.5 Å². The molecule has 0 nitrogen and oxygen atoms in total. The third-order valence-corrected chi connectivity index (χ3v) is 7.08. The van der Waals surface area contributed by atoms with Crippen LogP contribution in [0.3, 0.4) is 0 Å². The molecular formula is C26H24ClF3. The quantitative estimate of drug-likeness (QED) is 0.340. The summed E-state index contributed by atoms with van der Waals surface area (Å²) in [5.41, 5.74) is 0.750. The smallest absolute Gasteiger partial charge is 0.143 e. The van der Waals surface area contributed by atoms with Gasteiger partial charge < -0.3 is 0 Å². The third-order valence-electron chi connectivity index (χ3n) is 6.77. The van der Waals surface area contributed by atoms with Crippen LogP contribution in [0.15, 0.2) is 43.0 Å². The minimum absolute atomic E-state index is 0.0186.